The maximum absolute atomic E-state index is 13.2. The molecule has 0 saturated carbocycles. The number of benzene rings is 1. The van der Waals surface area contributed by atoms with Gasteiger partial charge in [0.15, 0.2) is 0 Å². The van der Waals surface area contributed by atoms with Gasteiger partial charge in [-0.25, -0.2) is 9.97 Å². The molecule has 1 aromatic carbocycles. The van der Waals surface area contributed by atoms with Crippen molar-refractivity contribution in [3.05, 3.63) is 48.4 Å². The highest BCUT2D eigenvalue weighted by Gasteiger charge is 2.55. The summed E-state index contributed by atoms with van der Waals surface area (Å²) < 4.78 is 5.46. The summed E-state index contributed by atoms with van der Waals surface area (Å²) in [5.41, 5.74) is 0.849. The molecule has 3 heterocycles. The molecule has 2 aromatic rings. The zero-order chi connectivity index (χ0) is 18.1. The van der Waals surface area contributed by atoms with Gasteiger partial charge in [-0.05, 0) is 6.42 Å². The van der Waals surface area contributed by atoms with E-state index in [9.17, 15) is 14.7 Å². The minimum absolute atomic E-state index is 0.192. The molecule has 0 aliphatic carbocycles. The molecule has 2 atom stereocenters. The minimum Gasteiger partial charge on any atom is -0.481 e. The average Bonchev–Trinajstić information content (AvgIpc) is 3.09. The molecule has 134 valence electrons. The van der Waals surface area contributed by atoms with E-state index in [1.165, 1.54) is 12.5 Å². The van der Waals surface area contributed by atoms with E-state index in [4.69, 9.17) is 4.74 Å². The maximum Gasteiger partial charge on any atom is 0.311 e. The summed E-state index contributed by atoms with van der Waals surface area (Å²) in [6, 6.07) is 9.43. The van der Waals surface area contributed by atoms with Crippen LogP contribution in [0.1, 0.15) is 16.8 Å². The number of carbonyl (C=O) groups is 2. The SMILES string of the molecule is O=C(c1cncnc1-c1ccccc1)N1C[C@H]2COCC[C@@]2(C(=O)O)C1. The summed E-state index contributed by atoms with van der Waals surface area (Å²) >= 11 is 0. The first-order valence-corrected chi connectivity index (χ1v) is 8.58. The third-order valence-corrected chi connectivity index (χ3v) is 5.41. The Hall–Kier alpha value is -2.80. The molecule has 2 saturated heterocycles. The Balaban J connectivity index is 1.67. The lowest BCUT2D eigenvalue weighted by molar-refractivity contribution is -0.157. The number of fused-ring (bicyclic) bond motifs is 1. The Bertz CT molecular complexity index is 842. The zero-order valence-electron chi connectivity index (χ0n) is 14.2. The number of aliphatic carboxylic acids is 1. The lowest BCUT2D eigenvalue weighted by atomic mass is 9.74. The van der Waals surface area contributed by atoms with Gasteiger partial charge in [0.05, 0.1) is 23.3 Å². The van der Waals surface area contributed by atoms with E-state index in [0.29, 0.717) is 37.4 Å². The van der Waals surface area contributed by atoms with Gasteiger partial charge in [-0.2, -0.15) is 0 Å². The van der Waals surface area contributed by atoms with Gasteiger partial charge in [0.2, 0.25) is 0 Å². The van der Waals surface area contributed by atoms with Crippen LogP contribution in [0.2, 0.25) is 0 Å². The van der Waals surface area contributed by atoms with Crippen molar-refractivity contribution in [1.82, 2.24) is 14.9 Å². The lowest BCUT2D eigenvalue weighted by Crippen LogP contribution is -2.45. The number of carbonyl (C=O) groups excluding carboxylic acids is 1. The molecule has 0 bridgehead atoms. The second-order valence-electron chi connectivity index (χ2n) is 6.82. The van der Waals surface area contributed by atoms with Crippen molar-refractivity contribution >= 4 is 11.9 Å². The third-order valence-electron chi connectivity index (χ3n) is 5.41. The molecule has 7 nitrogen and oxygen atoms in total. The predicted molar refractivity (Wildman–Crippen MR) is 92.4 cm³/mol. The van der Waals surface area contributed by atoms with E-state index >= 15 is 0 Å². The molecule has 1 N–H and O–H groups in total. The number of ether oxygens (including phenoxy) is 1. The number of amides is 1. The molecule has 1 aromatic heterocycles. The van der Waals surface area contributed by atoms with Crippen LogP contribution in [0, 0.1) is 11.3 Å². The molecule has 7 heteroatoms. The highest BCUT2D eigenvalue weighted by molar-refractivity contribution is 6.00. The van der Waals surface area contributed by atoms with Crippen molar-refractivity contribution in [2.45, 2.75) is 6.42 Å². The Morgan fingerprint density at radius 2 is 2.08 bits per heavy atom. The second-order valence-corrected chi connectivity index (χ2v) is 6.82. The van der Waals surface area contributed by atoms with Crippen LogP contribution in [0.5, 0.6) is 0 Å². The summed E-state index contributed by atoms with van der Waals surface area (Å²) in [5, 5.41) is 9.78. The van der Waals surface area contributed by atoms with E-state index in [1.807, 2.05) is 30.3 Å². The van der Waals surface area contributed by atoms with Crippen LogP contribution in [-0.4, -0.2) is 58.2 Å². The maximum atomic E-state index is 13.2. The first-order valence-electron chi connectivity index (χ1n) is 8.58. The van der Waals surface area contributed by atoms with Gasteiger partial charge in [-0.15, -0.1) is 0 Å². The fraction of sp³-hybridized carbons (Fsp3) is 0.368. The van der Waals surface area contributed by atoms with Crippen LogP contribution in [0.25, 0.3) is 11.3 Å². The Kier molecular flexibility index (Phi) is 4.16. The Morgan fingerprint density at radius 3 is 2.81 bits per heavy atom. The molecule has 1 amide bonds. The summed E-state index contributed by atoms with van der Waals surface area (Å²) in [7, 11) is 0. The van der Waals surface area contributed by atoms with Gasteiger partial charge in [-0.1, -0.05) is 30.3 Å². The fourth-order valence-corrected chi connectivity index (χ4v) is 3.94. The van der Waals surface area contributed by atoms with Crippen molar-refractivity contribution < 1.29 is 19.4 Å². The van der Waals surface area contributed by atoms with E-state index in [2.05, 4.69) is 9.97 Å². The van der Waals surface area contributed by atoms with E-state index in [-0.39, 0.29) is 18.4 Å². The number of nitrogens with zero attached hydrogens (tertiary/aromatic N) is 3. The molecule has 2 aliphatic rings. The average molecular weight is 353 g/mol. The van der Waals surface area contributed by atoms with Crippen LogP contribution in [-0.2, 0) is 9.53 Å². The normalized spacial score (nSPS) is 24.9. The van der Waals surface area contributed by atoms with Gasteiger partial charge >= 0.3 is 5.97 Å². The fourth-order valence-electron chi connectivity index (χ4n) is 3.94. The topological polar surface area (TPSA) is 92.6 Å². The summed E-state index contributed by atoms with van der Waals surface area (Å²) in [6.07, 6.45) is 3.34. The molecular formula is C19H19N3O4. The third kappa shape index (κ3) is 2.64. The predicted octanol–water partition coefficient (Wildman–Crippen LogP) is 1.71. The van der Waals surface area contributed by atoms with Crippen LogP contribution in [0.4, 0.5) is 0 Å². The van der Waals surface area contributed by atoms with E-state index < -0.39 is 11.4 Å². The van der Waals surface area contributed by atoms with Gasteiger partial charge in [0, 0.05) is 37.4 Å². The number of carboxylic acids is 1. The quantitative estimate of drug-likeness (QED) is 0.903. The number of rotatable bonds is 3. The van der Waals surface area contributed by atoms with Crippen LogP contribution in [0.3, 0.4) is 0 Å². The number of hydrogen-bond donors (Lipinski definition) is 1. The second kappa shape index (κ2) is 6.49. The van der Waals surface area contributed by atoms with Gasteiger partial charge in [0.1, 0.15) is 6.33 Å². The molecule has 0 spiro atoms. The largest absolute Gasteiger partial charge is 0.481 e. The number of carboxylic acid groups (broad SMARTS) is 1. The Morgan fingerprint density at radius 1 is 1.27 bits per heavy atom. The van der Waals surface area contributed by atoms with E-state index in [1.54, 1.807) is 4.90 Å². The van der Waals surface area contributed by atoms with E-state index in [0.717, 1.165) is 5.56 Å². The molecule has 0 unspecified atom stereocenters. The number of aromatic nitrogens is 2. The van der Waals surface area contributed by atoms with Crippen molar-refractivity contribution in [1.29, 1.82) is 0 Å². The highest BCUT2D eigenvalue weighted by atomic mass is 16.5. The molecular weight excluding hydrogens is 334 g/mol. The monoisotopic (exact) mass is 353 g/mol. The van der Waals surface area contributed by atoms with Crippen molar-refractivity contribution in [3.63, 3.8) is 0 Å². The Labute approximate surface area is 150 Å². The number of hydrogen-bond acceptors (Lipinski definition) is 5. The summed E-state index contributed by atoms with van der Waals surface area (Å²) in [6.45, 7) is 1.34. The van der Waals surface area contributed by atoms with Crippen molar-refractivity contribution in [2.24, 2.45) is 11.3 Å². The summed E-state index contributed by atoms with van der Waals surface area (Å²) in [5.74, 6) is -1.28. The molecule has 0 radical (unpaired) electrons. The van der Waals surface area contributed by atoms with Crippen molar-refractivity contribution in [3.8, 4) is 11.3 Å². The molecule has 26 heavy (non-hydrogen) atoms. The molecule has 4 rings (SSSR count). The van der Waals surface area contributed by atoms with Crippen molar-refractivity contribution in [2.75, 3.05) is 26.3 Å². The van der Waals surface area contributed by atoms with Gasteiger partial charge in [0.25, 0.3) is 5.91 Å². The zero-order valence-corrected chi connectivity index (χ0v) is 14.2. The van der Waals surface area contributed by atoms with Crippen LogP contribution in [0.15, 0.2) is 42.9 Å². The molecule has 2 aliphatic heterocycles. The smallest absolute Gasteiger partial charge is 0.311 e. The lowest BCUT2D eigenvalue weighted by Gasteiger charge is -2.33. The highest BCUT2D eigenvalue weighted by Crippen LogP contribution is 2.43. The standard InChI is InChI=1S/C19H19N3O4/c23-17(15-8-20-12-21-16(15)13-4-2-1-3-5-13)22-9-14-10-26-7-6-19(14,11-22)18(24)25/h1-5,8,12,14H,6-7,9-11H2,(H,24,25)/t14-,19+/m0/s1. The van der Waals surface area contributed by atoms with Gasteiger partial charge < -0.3 is 14.7 Å². The van der Waals surface area contributed by atoms with Crippen LogP contribution < -0.4 is 0 Å². The van der Waals surface area contributed by atoms with Gasteiger partial charge in [-0.3, -0.25) is 9.59 Å². The minimum atomic E-state index is -0.920. The first-order chi connectivity index (χ1) is 12.6. The first kappa shape index (κ1) is 16.7. The number of likely N-dealkylation sites (tertiary alicyclic amines) is 1. The molecule has 2 fully saturated rings. The van der Waals surface area contributed by atoms with Crippen LogP contribution >= 0.6 is 0 Å². The summed E-state index contributed by atoms with van der Waals surface area (Å²) in [4.78, 5) is 35.0.